The Balaban J connectivity index is 2.53. The molecule has 0 atom stereocenters. The van der Waals surface area contributed by atoms with Gasteiger partial charge in [0.1, 0.15) is 0 Å². The molecule has 64 valence electrons. The normalized spacial score (nSPS) is 9.50. The molecular weight excluding hydrogens is 150 g/mol. The summed E-state index contributed by atoms with van der Waals surface area (Å²) in [5.74, 6) is 0.00979. The molecule has 1 aromatic carbocycles. The predicted octanol–water partition coefficient (Wildman–Crippen LogP) is 1.63. The Morgan fingerprint density at radius 1 is 1.33 bits per heavy atom. The molecule has 2 heteroatoms. The van der Waals surface area contributed by atoms with Crippen LogP contribution in [0.2, 0.25) is 0 Å². The van der Waals surface area contributed by atoms with Gasteiger partial charge < -0.3 is 5.32 Å². The van der Waals surface area contributed by atoms with Crippen molar-refractivity contribution in [1.82, 2.24) is 5.32 Å². The molecule has 0 aliphatic heterocycles. The second-order valence-corrected chi connectivity index (χ2v) is 2.90. The van der Waals surface area contributed by atoms with Crippen molar-refractivity contribution < 1.29 is 4.79 Å². The van der Waals surface area contributed by atoms with E-state index < -0.39 is 0 Å². The van der Waals surface area contributed by atoms with E-state index in [1.54, 1.807) is 0 Å². The van der Waals surface area contributed by atoms with Gasteiger partial charge in [-0.25, -0.2) is 0 Å². The summed E-state index contributed by atoms with van der Waals surface area (Å²) in [5, 5.41) is 2.74. The number of hydrogen-bond acceptors (Lipinski definition) is 1. The Morgan fingerprint density at radius 3 is 2.42 bits per heavy atom. The first-order valence-corrected chi connectivity index (χ1v) is 3.98. The average molecular weight is 163 g/mol. The lowest BCUT2D eigenvalue weighted by Crippen LogP contribution is -2.18. The molecule has 1 amide bonds. The highest BCUT2D eigenvalue weighted by atomic mass is 16.1. The quantitative estimate of drug-likeness (QED) is 0.705. The van der Waals surface area contributed by atoms with Gasteiger partial charge >= 0.3 is 0 Å². The van der Waals surface area contributed by atoms with E-state index in [4.69, 9.17) is 0 Å². The molecule has 0 aromatic heterocycles. The minimum atomic E-state index is 0.00979. The van der Waals surface area contributed by atoms with Crippen molar-refractivity contribution in [3.63, 3.8) is 0 Å². The molecule has 0 fully saturated rings. The first kappa shape index (κ1) is 8.78. The molecule has 0 aliphatic rings. The number of hydrogen-bond donors (Lipinski definition) is 1. The molecule has 2 nitrogen and oxygen atoms in total. The maximum absolute atomic E-state index is 10.6. The van der Waals surface area contributed by atoms with Crippen molar-refractivity contribution in [2.45, 2.75) is 20.4 Å². The monoisotopic (exact) mass is 163 g/mol. The number of amides is 1. The zero-order valence-corrected chi connectivity index (χ0v) is 7.42. The SMILES string of the molecule is CC(=O)NCc1ccc(C)cc1. The molecule has 0 bridgehead atoms. The minimum absolute atomic E-state index is 0.00979. The summed E-state index contributed by atoms with van der Waals surface area (Å²) in [6.45, 7) is 4.19. The predicted molar refractivity (Wildman–Crippen MR) is 48.7 cm³/mol. The Morgan fingerprint density at radius 2 is 1.92 bits per heavy atom. The Bertz CT molecular complexity index is 264. The van der Waals surface area contributed by atoms with E-state index in [1.807, 2.05) is 31.2 Å². The lowest BCUT2D eigenvalue weighted by atomic mass is 10.1. The first-order valence-electron chi connectivity index (χ1n) is 3.98. The number of carbonyl (C=O) groups is 1. The van der Waals surface area contributed by atoms with E-state index in [0.717, 1.165) is 5.56 Å². The van der Waals surface area contributed by atoms with E-state index in [0.29, 0.717) is 6.54 Å². The number of nitrogens with one attached hydrogen (secondary N) is 1. The second-order valence-electron chi connectivity index (χ2n) is 2.90. The number of rotatable bonds is 2. The summed E-state index contributed by atoms with van der Waals surface area (Å²) < 4.78 is 0. The van der Waals surface area contributed by atoms with Gasteiger partial charge in [-0.3, -0.25) is 4.79 Å². The van der Waals surface area contributed by atoms with Crippen LogP contribution in [0.5, 0.6) is 0 Å². The van der Waals surface area contributed by atoms with Gasteiger partial charge in [0.15, 0.2) is 0 Å². The van der Waals surface area contributed by atoms with Crippen molar-refractivity contribution in [1.29, 1.82) is 0 Å². The summed E-state index contributed by atoms with van der Waals surface area (Å²) in [6, 6.07) is 8.12. The third-order valence-electron chi connectivity index (χ3n) is 1.66. The summed E-state index contributed by atoms with van der Waals surface area (Å²) in [7, 11) is 0. The van der Waals surface area contributed by atoms with Gasteiger partial charge in [-0.1, -0.05) is 29.8 Å². The summed E-state index contributed by atoms with van der Waals surface area (Å²) in [6.07, 6.45) is 0. The minimum Gasteiger partial charge on any atom is -0.352 e. The summed E-state index contributed by atoms with van der Waals surface area (Å²) in [5.41, 5.74) is 2.37. The maximum Gasteiger partial charge on any atom is 0.217 e. The lowest BCUT2D eigenvalue weighted by molar-refractivity contribution is -0.119. The summed E-state index contributed by atoms with van der Waals surface area (Å²) >= 11 is 0. The number of aryl methyl sites for hydroxylation is 1. The molecule has 0 unspecified atom stereocenters. The van der Waals surface area contributed by atoms with E-state index >= 15 is 0 Å². The van der Waals surface area contributed by atoms with E-state index in [1.165, 1.54) is 12.5 Å². The smallest absolute Gasteiger partial charge is 0.217 e. The van der Waals surface area contributed by atoms with Gasteiger partial charge in [-0.05, 0) is 12.5 Å². The molecule has 0 heterocycles. The zero-order chi connectivity index (χ0) is 8.97. The molecule has 0 spiro atoms. The highest BCUT2D eigenvalue weighted by Gasteiger charge is 1.92. The van der Waals surface area contributed by atoms with Crippen LogP contribution >= 0.6 is 0 Å². The fraction of sp³-hybridized carbons (Fsp3) is 0.300. The molecule has 0 radical (unpaired) electrons. The topological polar surface area (TPSA) is 29.1 Å². The molecule has 0 saturated carbocycles. The van der Waals surface area contributed by atoms with E-state index in [9.17, 15) is 4.79 Å². The molecule has 0 aliphatic carbocycles. The van der Waals surface area contributed by atoms with Gasteiger partial charge in [0, 0.05) is 13.5 Å². The fourth-order valence-electron chi connectivity index (χ4n) is 0.932. The first-order chi connectivity index (χ1) is 5.68. The van der Waals surface area contributed by atoms with Crippen LogP contribution in [0.4, 0.5) is 0 Å². The van der Waals surface area contributed by atoms with Crippen molar-refractivity contribution in [2.75, 3.05) is 0 Å². The highest BCUT2D eigenvalue weighted by Crippen LogP contribution is 2.01. The van der Waals surface area contributed by atoms with Crippen molar-refractivity contribution >= 4 is 5.91 Å². The van der Waals surface area contributed by atoms with Crippen molar-refractivity contribution in [2.24, 2.45) is 0 Å². The van der Waals surface area contributed by atoms with Crippen molar-refractivity contribution in [3.8, 4) is 0 Å². The highest BCUT2D eigenvalue weighted by molar-refractivity contribution is 5.72. The third-order valence-corrected chi connectivity index (χ3v) is 1.66. The van der Waals surface area contributed by atoms with Crippen LogP contribution in [-0.2, 0) is 11.3 Å². The number of benzene rings is 1. The van der Waals surface area contributed by atoms with Gasteiger partial charge in [0.25, 0.3) is 0 Å². The standard InChI is InChI=1S/C10H13NO/c1-8-3-5-10(6-4-8)7-11-9(2)12/h3-6H,7H2,1-2H3,(H,11,12). The Kier molecular flexibility index (Phi) is 2.86. The van der Waals surface area contributed by atoms with Crippen LogP contribution in [-0.4, -0.2) is 5.91 Å². The molecule has 1 rings (SSSR count). The molecule has 1 aromatic rings. The van der Waals surface area contributed by atoms with Gasteiger partial charge in [0.2, 0.25) is 5.91 Å². The fourth-order valence-corrected chi connectivity index (χ4v) is 0.932. The Hall–Kier alpha value is -1.31. The van der Waals surface area contributed by atoms with Crippen LogP contribution in [0, 0.1) is 6.92 Å². The largest absolute Gasteiger partial charge is 0.352 e. The van der Waals surface area contributed by atoms with Crippen LogP contribution in [0.25, 0.3) is 0 Å². The van der Waals surface area contributed by atoms with Crippen LogP contribution < -0.4 is 5.32 Å². The second kappa shape index (κ2) is 3.90. The van der Waals surface area contributed by atoms with E-state index in [-0.39, 0.29) is 5.91 Å². The van der Waals surface area contributed by atoms with Crippen LogP contribution in [0.1, 0.15) is 18.1 Å². The molecule has 0 saturated heterocycles. The van der Waals surface area contributed by atoms with Crippen molar-refractivity contribution in [3.05, 3.63) is 35.4 Å². The van der Waals surface area contributed by atoms with Crippen LogP contribution in [0.15, 0.2) is 24.3 Å². The maximum atomic E-state index is 10.6. The molecule has 12 heavy (non-hydrogen) atoms. The van der Waals surface area contributed by atoms with Gasteiger partial charge in [0.05, 0.1) is 0 Å². The zero-order valence-electron chi connectivity index (χ0n) is 7.42. The van der Waals surface area contributed by atoms with E-state index in [2.05, 4.69) is 5.32 Å². The number of carbonyl (C=O) groups excluding carboxylic acids is 1. The van der Waals surface area contributed by atoms with Gasteiger partial charge in [-0.2, -0.15) is 0 Å². The van der Waals surface area contributed by atoms with Gasteiger partial charge in [-0.15, -0.1) is 0 Å². The molecule has 1 N–H and O–H groups in total. The van der Waals surface area contributed by atoms with Crippen LogP contribution in [0.3, 0.4) is 0 Å². The Labute approximate surface area is 72.6 Å². The third kappa shape index (κ3) is 2.74. The summed E-state index contributed by atoms with van der Waals surface area (Å²) in [4.78, 5) is 10.6. The molecular formula is C10H13NO. The average Bonchev–Trinajstić information content (AvgIpc) is 2.03. The lowest BCUT2D eigenvalue weighted by Gasteiger charge is -2.01.